The molecule has 1 saturated heterocycles. The van der Waals surface area contributed by atoms with Crippen LogP contribution in [0.25, 0.3) is 10.9 Å². The van der Waals surface area contributed by atoms with Crippen LogP contribution >= 0.6 is 11.6 Å². The highest BCUT2D eigenvalue weighted by atomic mass is 35.5. The van der Waals surface area contributed by atoms with Gasteiger partial charge in [0, 0.05) is 79.5 Å². The third-order valence-electron chi connectivity index (χ3n) is 6.42. The maximum Gasteiger partial charge on any atom is 0.227 e. The highest BCUT2D eigenvalue weighted by Crippen LogP contribution is 2.25. The highest BCUT2D eigenvalue weighted by molar-refractivity contribution is 6.31. The Hall–Kier alpha value is -3.49. The van der Waals surface area contributed by atoms with Crippen molar-refractivity contribution in [2.45, 2.75) is 13.5 Å². The molecule has 4 heterocycles. The molecule has 1 aliphatic rings. The third kappa shape index (κ3) is 5.83. The number of aromatic nitrogens is 4. The second kappa shape index (κ2) is 11.1. The lowest BCUT2D eigenvalue weighted by atomic mass is 10.2. The first kappa shape index (κ1) is 24.2. The Labute approximate surface area is 217 Å². The molecule has 0 amide bonds. The van der Waals surface area contributed by atoms with E-state index in [9.17, 15) is 0 Å². The van der Waals surface area contributed by atoms with Gasteiger partial charge in [-0.1, -0.05) is 17.7 Å². The predicted molar refractivity (Wildman–Crippen MR) is 147 cm³/mol. The van der Waals surface area contributed by atoms with E-state index in [1.54, 1.807) is 0 Å². The molecule has 186 valence electrons. The van der Waals surface area contributed by atoms with Gasteiger partial charge < -0.3 is 20.0 Å². The number of pyridine rings is 2. The summed E-state index contributed by atoms with van der Waals surface area (Å²) in [6.07, 6.45) is 3.64. The first-order chi connectivity index (χ1) is 17.5. The van der Waals surface area contributed by atoms with E-state index in [-0.39, 0.29) is 0 Å². The molecule has 3 aromatic heterocycles. The van der Waals surface area contributed by atoms with Crippen LogP contribution in [0.1, 0.15) is 11.4 Å². The molecular weight excluding hydrogens is 472 g/mol. The molecular formula is C27H31ClN8. The Morgan fingerprint density at radius 2 is 1.83 bits per heavy atom. The minimum Gasteiger partial charge on any atom is -0.383 e. The number of hydrogen-bond acceptors (Lipinski definition) is 8. The summed E-state index contributed by atoms with van der Waals surface area (Å²) in [5.74, 6) is 1.71. The SMILES string of the molecule is Cc1cc(N(CCNc2ccnc3cc(Cl)ccc23)Cc2ccccn2)nc(N2CCN(C)CC2)n1. The number of aryl methyl sites for hydroxylation is 1. The lowest BCUT2D eigenvalue weighted by Crippen LogP contribution is -2.45. The quantitative estimate of drug-likeness (QED) is 0.383. The van der Waals surface area contributed by atoms with Crippen LogP contribution in [0.15, 0.2) is 60.9 Å². The van der Waals surface area contributed by atoms with Gasteiger partial charge in [-0.05, 0) is 50.4 Å². The van der Waals surface area contributed by atoms with Crippen LogP contribution in [0.5, 0.6) is 0 Å². The molecule has 1 N–H and O–H groups in total. The van der Waals surface area contributed by atoms with Gasteiger partial charge in [-0.25, -0.2) is 4.98 Å². The molecule has 4 aromatic rings. The summed E-state index contributed by atoms with van der Waals surface area (Å²) in [4.78, 5) is 25.7. The maximum atomic E-state index is 6.16. The Balaban J connectivity index is 1.37. The number of piperazine rings is 1. The molecule has 0 bridgehead atoms. The van der Waals surface area contributed by atoms with Crippen LogP contribution in [0, 0.1) is 6.92 Å². The fourth-order valence-electron chi connectivity index (χ4n) is 4.41. The molecule has 1 aliphatic heterocycles. The van der Waals surface area contributed by atoms with E-state index in [0.717, 1.165) is 79.0 Å². The Morgan fingerprint density at radius 1 is 0.972 bits per heavy atom. The van der Waals surface area contributed by atoms with Crippen molar-refractivity contribution >= 4 is 40.0 Å². The molecule has 1 aromatic carbocycles. The normalized spacial score (nSPS) is 14.2. The van der Waals surface area contributed by atoms with Gasteiger partial charge in [0.15, 0.2) is 0 Å². The van der Waals surface area contributed by atoms with Crippen molar-refractivity contribution in [2.75, 3.05) is 61.4 Å². The largest absolute Gasteiger partial charge is 0.383 e. The van der Waals surface area contributed by atoms with Gasteiger partial charge in [0.05, 0.1) is 17.8 Å². The van der Waals surface area contributed by atoms with Crippen LogP contribution in [-0.2, 0) is 6.54 Å². The van der Waals surface area contributed by atoms with Crippen molar-refractivity contribution in [1.29, 1.82) is 0 Å². The molecule has 5 rings (SSSR count). The zero-order valence-corrected chi connectivity index (χ0v) is 21.5. The lowest BCUT2D eigenvalue weighted by molar-refractivity contribution is 0.311. The smallest absolute Gasteiger partial charge is 0.227 e. The maximum absolute atomic E-state index is 6.16. The van der Waals surface area contributed by atoms with Gasteiger partial charge >= 0.3 is 0 Å². The second-order valence-electron chi connectivity index (χ2n) is 9.15. The molecule has 36 heavy (non-hydrogen) atoms. The molecule has 0 unspecified atom stereocenters. The summed E-state index contributed by atoms with van der Waals surface area (Å²) < 4.78 is 0. The number of likely N-dealkylation sites (N-methyl/N-ethyl adjacent to an activating group) is 1. The summed E-state index contributed by atoms with van der Waals surface area (Å²) in [7, 11) is 2.15. The van der Waals surface area contributed by atoms with Crippen molar-refractivity contribution in [2.24, 2.45) is 0 Å². The van der Waals surface area contributed by atoms with E-state index < -0.39 is 0 Å². The fourth-order valence-corrected chi connectivity index (χ4v) is 4.58. The van der Waals surface area contributed by atoms with Crippen molar-refractivity contribution in [1.82, 2.24) is 24.8 Å². The molecule has 9 heteroatoms. The zero-order chi connectivity index (χ0) is 24.9. The van der Waals surface area contributed by atoms with Gasteiger partial charge in [0.1, 0.15) is 5.82 Å². The molecule has 0 spiro atoms. The predicted octanol–water partition coefficient (Wildman–Crippen LogP) is 4.25. The van der Waals surface area contributed by atoms with Crippen LogP contribution in [0.3, 0.4) is 0 Å². The van der Waals surface area contributed by atoms with E-state index in [1.165, 1.54) is 0 Å². The van der Waals surface area contributed by atoms with Crippen LogP contribution in [0.2, 0.25) is 5.02 Å². The molecule has 0 radical (unpaired) electrons. The first-order valence-electron chi connectivity index (χ1n) is 12.3. The van der Waals surface area contributed by atoms with Gasteiger partial charge in [-0.3, -0.25) is 9.97 Å². The van der Waals surface area contributed by atoms with Crippen LogP contribution < -0.4 is 15.1 Å². The minimum absolute atomic E-state index is 0.661. The Kier molecular flexibility index (Phi) is 7.44. The number of rotatable bonds is 8. The standard InChI is InChI=1S/C27H31ClN8/c1-20-17-26(33-27(32-20)35-15-13-34(2)14-16-35)36(19-22-5-3-4-9-29-22)12-11-31-24-8-10-30-25-18-21(28)6-7-23(24)25/h3-10,17-18H,11-16,19H2,1-2H3,(H,30,31). The van der Waals surface area contributed by atoms with Gasteiger partial charge in [0.25, 0.3) is 0 Å². The zero-order valence-electron chi connectivity index (χ0n) is 20.7. The summed E-state index contributed by atoms with van der Waals surface area (Å²) in [5.41, 5.74) is 3.87. The van der Waals surface area contributed by atoms with Crippen molar-refractivity contribution in [3.8, 4) is 0 Å². The molecule has 0 aliphatic carbocycles. The fraction of sp³-hybridized carbons (Fsp3) is 0.333. The second-order valence-corrected chi connectivity index (χ2v) is 9.58. The number of benzene rings is 1. The average molecular weight is 503 g/mol. The van der Waals surface area contributed by atoms with E-state index >= 15 is 0 Å². The number of nitrogens with one attached hydrogen (secondary N) is 1. The van der Waals surface area contributed by atoms with Crippen LogP contribution in [-0.4, -0.2) is 71.2 Å². The van der Waals surface area contributed by atoms with E-state index in [4.69, 9.17) is 21.6 Å². The van der Waals surface area contributed by atoms with Crippen LogP contribution in [0.4, 0.5) is 17.5 Å². The number of anilines is 3. The summed E-state index contributed by atoms with van der Waals surface area (Å²) in [6.45, 7) is 8.05. The highest BCUT2D eigenvalue weighted by Gasteiger charge is 2.19. The molecule has 8 nitrogen and oxygen atoms in total. The summed E-state index contributed by atoms with van der Waals surface area (Å²) in [6, 6.07) is 15.9. The Morgan fingerprint density at radius 3 is 2.64 bits per heavy atom. The van der Waals surface area contributed by atoms with E-state index in [2.05, 4.69) is 49.2 Å². The number of nitrogens with zero attached hydrogens (tertiary/aromatic N) is 7. The van der Waals surface area contributed by atoms with Crippen molar-refractivity contribution < 1.29 is 0 Å². The van der Waals surface area contributed by atoms with Crippen molar-refractivity contribution in [3.05, 3.63) is 77.3 Å². The molecule has 1 fully saturated rings. The number of hydrogen-bond donors (Lipinski definition) is 1. The van der Waals surface area contributed by atoms with Crippen molar-refractivity contribution in [3.63, 3.8) is 0 Å². The minimum atomic E-state index is 0.661. The molecule has 0 saturated carbocycles. The third-order valence-corrected chi connectivity index (χ3v) is 6.66. The van der Waals surface area contributed by atoms with Gasteiger partial charge in [-0.2, -0.15) is 4.98 Å². The average Bonchev–Trinajstić information content (AvgIpc) is 2.88. The van der Waals surface area contributed by atoms with Gasteiger partial charge in [-0.15, -0.1) is 0 Å². The van der Waals surface area contributed by atoms with Gasteiger partial charge in [0.2, 0.25) is 5.95 Å². The topological polar surface area (TPSA) is 73.3 Å². The Bertz CT molecular complexity index is 1310. The first-order valence-corrected chi connectivity index (χ1v) is 12.6. The molecule has 0 atom stereocenters. The monoisotopic (exact) mass is 502 g/mol. The lowest BCUT2D eigenvalue weighted by Gasteiger charge is -2.33. The van der Waals surface area contributed by atoms with E-state index in [0.29, 0.717) is 11.6 Å². The summed E-state index contributed by atoms with van der Waals surface area (Å²) in [5, 5.41) is 5.32. The summed E-state index contributed by atoms with van der Waals surface area (Å²) >= 11 is 6.16. The number of fused-ring (bicyclic) bond motifs is 1. The van der Waals surface area contributed by atoms with E-state index in [1.807, 2.05) is 55.7 Å². The number of halogens is 1.